The maximum atomic E-state index is 6.85. The van der Waals surface area contributed by atoms with Crippen molar-refractivity contribution in [1.82, 2.24) is 5.32 Å². The van der Waals surface area contributed by atoms with Gasteiger partial charge in [0.05, 0.1) is 23.5 Å². The molecule has 0 saturated carbocycles. The van der Waals surface area contributed by atoms with E-state index in [9.17, 15) is 0 Å². The lowest BCUT2D eigenvalue weighted by molar-refractivity contribution is 0.618. The van der Waals surface area contributed by atoms with Crippen molar-refractivity contribution in [2.75, 3.05) is 9.80 Å². The van der Waals surface area contributed by atoms with E-state index in [0.717, 1.165) is 46.7 Å². The van der Waals surface area contributed by atoms with Gasteiger partial charge in [-0.15, -0.1) is 0 Å². The van der Waals surface area contributed by atoms with Crippen LogP contribution in [0.4, 0.5) is 22.7 Å². The van der Waals surface area contributed by atoms with Gasteiger partial charge in [-0.2, -0.15) is 0 Å². The highest BCUT2D eigenvalue weighted by atomic mass is 15.2. The Labute approximate surface area is 366 Å². The van der Waals surface area contributed by atoms with E-state index < -0.39 is 0 Å². The predicted molar refractivity (Wildman–Crippen MR) is 260 cm³/mol. The largest absolute Gasteiger partial charge is 0.398 e. The number of fused-ring (bicyclic) bond motifs is 4. The maximum Gasteiger partial charge on any atom is 0.0629 e. The number of rotatable bonds is 10. The summed E-state index contributed by atoms with van der Waals surface area (Å²) in [6.07, 6.45) is 27.3. The molecule has 302 valence electrons. The molecule has 0 bridgehead atoms. The minimum absolute atomic E-state index is 0.0227. The lowest BCUT2D eigenvalue weighted by Crippen LogP contribution is -2.28. The minimum atomic E-state index is -0.0227. The Morgan fingerprint density at radius 3 is 2.27 bits per heavy atom. The minimum Gasteiger partial charge on any atom is -0.398 e. The van der Waals surface area contributed by atoms with Crippen LogP contribution in [0.2, 0.25) is 0 Å². The first-order valence-electron chi connectivity index (χ1n) is 21.7. The fourth-order valence-electron chi connectivity index (χ4n) is 9.39. The summed E-state index contributed by atoms with van der Waals surface area (Å²) in [6.45, 7) is 5.29. The molecule has 0 radical (unpaired) electrons. The Hall–Kier alpha value is -7.40. The molecule has 4 unspecified atom stereocenters. The average Bonchev–Trinajstić information content (AvgIpc) is 3.68. The van der Waals surface area contributed by atoms with Crippen LogP contribution in [0.1, 0.15) is 52.1 Å². The first-order chi connectivity index (χ1) is 30.6. The number of hydrogen-bond acceptors (Lipinski definition) is 4. The van der Waals surface area contributed by atoms with E-state index >= 15 is 0 Å². The monoisotopic (exact) mass is 802 g/mol. The molecule has 2 heterocycles. The predicted octanol–water partition coefficient (Wildman–Crippen LogP) is 13.7. The highest BCUT2D eigenvalue weighted by Crippen LogP contribution is 2.52. The van der Waals surface area contributed by atoms with Crippen LogP contribution in [0.25, 0.3) is 16.7 Å². The van der Waals surface area contributed by atoms with Crippen LogP contribution in [0.5, 0.6) is 0 Å². The van der Waals surface area contributed by atoms with Crippen molar-refractivity contribution < 1.29 is 0 Å². The average molecular weight is 803 g/mol. The SMILES string of the molecule is C=C1/C=C\C=C/N(c2cccc(-c3cccc4c3N(c3ccccc3)C3C=CC=CC43)c2)c2ccc(C3C=CC(/C(N)=C/C(NCc4ccccc4)c4ccccc4)=CC3)cc21. The molecule has 4 atom stereocenters. The third-order valence-corrected chi connectivity index (χ3v) is 12.5. The van der Waals surface area contributed by atoms with Crippen molar-refractivity contribution in [3.63, 3.8) is 0 Å². The molecule has 2 aliphatic heterocycles. The highest BCUT2D eigenvalue weighted by Gasteiger charge is 2.39. The van der Waals surface area contributed by atoms with E-state index in [1.807, 2.05) is 6.07 Å². The Bertz CT molecular complexity index is 2820. The summed E-state index contributed by atoms with van der Waals surface area (Å²) in [6, 6.07) is 54.6. The van der Waals surface area contributed by atoms with E-state index in [-0.39, 0.29) is 18.0 Å². The van der Waals surface area contributed by atoms with E-state index in [2.05, 4.69) is 240 Å². The molecule has 0 spiro atoms. The Kier molecular flexibility index (Phi) is 10.8. The van der Waals surface area contributed by atoms with Gasteiger partial charge >= 0.3 is 0 Å². The fourth-order valence-corrected chi connectivity index (χ4v) is 9.39. The lowest BCUT2D eigenvalue weighted by Gasteiger charge is -2.30. The van der Waals surface area contributed by atoms with E-state index in [0.29, 0.717) is 5.92 Å². The molecule has 6 aromatic carbocycles. The highest BCUT2D eigenvalue weighted by molar-refractivity contribution is 5.91. The second-order valence-electron chi connectivity index (χ2n) is 16.4. The van der Waals surface area contributed by atoms with E-state index in [4.69, 9.17) is 5.73 Å². The molecule has 4 aliphatic rings. The third-order valence-electron chi connectivity index (χ3n) is 12.5. The van der Waals surface area contributed by atoms with Gasteiger partial charge in [-0.3, -0.25) is 0 Å². The van der Waals surface area contributed by atoms with Crippen LogP contribution < -0.4 is 20.9 Å². The first kappa shape index (κ1) is 38.8. The van der Waals surface area contributed by atoms with Crippen LogP contribution in [0.15, 0.2) is 243 Å². The normalized spacial score (nSPS) is 20.4. The van der Waals surface area contributed by atoms with E-state index in [1.165, 1.54) is 44.8 Å². The summed E-state index contributed by atoms with van der Waals surface area (Å²) in [5.41, 5.74) is 22.9. The zero-order chi connectivity index (χ0) is 41.8. The molecule has 2 aliphatic carbocycles. The van der Waals surface area contributed by atoms with Crippen molar-refractivity contribution in [2.24, 2.45) is 5.73 Å². The standard InChI is InChI=1S/C58H50N4/c1-41-17-13-14-36-61(49-25-15-22-47(37-49)50-27-16-28-52-51-26-11-12-29-57(51)62(58(50)52)48-23-9-4-10-24-48)56-35-34-46(38-53(41)56)43-30-32-44(33-31-43)54(59)39-55(45-20-7-3-8-21-45)60-40-42-18-5-2-6-19-42/h2-30,32-39,43,51,55,57,60H,1,31,40,59H2/b17-13-,36-14-,54-39-. The van der Waals surface area contributed by atoms with Crippen LogP contribution in [-0.2, 0) is 6.54 Å². The number of anilines is 4. The molecule has 62 heavy (non-hydrogen) atoms. The van der Waals surface area contributed by atoms with Gasteiger partial charge in [0.15, 0.2) is 0 Å². The van der Waals surface area contributed by atoms with Crippen molar-refractivity contribution >= 4 is 28.3 Å². The molecule has 6 aromatic rings. The molecule has 10 rings (SSSR count). The number of nitrogens with two attached hydrogens (primary N) is 1. The van der Waals surface area contributed by atoms with Gasteiger partial charge in [0.1, 0.15) is 0 Å². The van der Waals surface area contributed by atoms with Crippen LogP contribution in [0.3, 0.4) is 0 Å². The number of para-hydroxylation sites is 2. The first-order valence-corrected chi connectivity index (χ1v) is 21.7. The molecular formula is C58H50N4. The lowest BCUT2D eigenvalue weighted by atomic mass is 9.87. The Balaban J connectivity index is 0.925. The second-order valence-corrected chi connectivity index (χ2v) is 16.4. The van der Waals surface area contributed by atoms with Gasteiger partial charge in [0, 0.05) is 52.8 Å². The zero-order valence-electron chi connectivity index (χ0n) is 34.8. The van der Waals surface area contributed by atoms with Crippen molar-refractivity contribution in [3.8, 4) is 11.1 Å². The number of allylic oxidation sites excluding steroid dienone is 9. The number of nitrogens with one attached hydrogen (secondary N) is 1. The topological polar surface area (TPSA) is 44.5 Å². The zero-order valence-corrected chi connectivity index (χ0v) is 34.8. The van der Waals surface area contributed by atoms with Gasteiger partial charge in [0.2, 0.25) is 0 Å². The summed E-state index contributed by atoms with van der Waals surface area (Å²) in [4.78, 5) is 4.83. The molecule has 0 aromatic heterocycles. The summed E-state index contributed by atoms with van der Waals surface area (Å²) < 4.78 is 0. The molecule has 0 amide bonds. The van der Waals surface area contributed by atoms with Crippen LogP contribution >= 0.6 is 0 Å². The summed E-state index contributed by atoms with van der Waals surface area (Å²) in [7, 11) is 0. The van der Waals surface area contributed by atoms with Crippen molar-refractivity contribution in [2.45, 2.75) is 36.9 Å². The Morgan fingerprint density at radius 2 is 1.47 bits per heavy atom. The van der Waals surface area contributed by atoms with Gasteiger partial charge in [-0.05, 0) is 93.9 Å². The van der Waals surface area contributed by atoms with Crippen molar-refractivity contribution in [1.29, 1.82) is 0 Å². The summed E-state index contributed by atoms with van der Waals surface area (Å²) in [5, 5.41) is 3.72. The van der Waals surface area contributed by atoms with Crippen molar-refractivity contribution in [3.05, 3.63) is 270 Å². The van der Waals surface area contributed by atoms with Gasteiger partial charge in [-0.1, -0.05) is 177 Å². The van der Waals surface area contributed by atoms with E-state index in [1.54, 1.807) is 0 Å². The van der Waals surface area contributed by atoms with Gasteiger partial charge in [0.25, 0.3) is 0 Å². The van der Waals surface area contributed by atoms with Crippen LogP contribution in [0, 0.1) is 0 Å². The van der Waals surface area contributed by atoms with Gasteiger partial charge < -0.3 is 20.9 Å². The molecule has 4 nitrogen and oxygen atoms in total. The third kappa shape index (κ3) is 7.73. The smallest absolute Gasteiger partial charge is 0.0629 e. The number of nitrogens with zero attached hydrogens (tertiary/aromatic N) is 2. The fraction of sp³-hybridized carbons (Fsp3) is 0.103. The van der Waals surface area contributed by atoms with Gasteiger partial charge in [-0.25, -0.2) is 0 Å². The molecule has 4 heteroatoms. The second kappa shape index (κ2) is 17.3. The number of benzene rings is 6. The van der Waals surface area contributed by atoms with Crippen LogP contribution in [-0.4, -0.2) is 6.04 Å². The summed E-state index contributed by atoms with van der Waals surface area (Å²) >= 11 is 0. The maximum absolute atomic E-state index is 6.85. The molecular weight excluding hydrogens is 753 g/mol. The quantitative estimate of drug-likeness (QED) is 0.145. The molecule has 0 saturated heterocycles. The Morgan fingerprint density at radius 1 is 0.710 bits per heavy atom. The molecule has 3 N–H and O–H groups in total. The number of hydrogen-bond donors (Lipinski definition) is 2. The molecule has 0 fully saturated rings. The summed E-state index contributed by atoms with van der Waals surface area (Å²) in [5.74, 6) is 0.512.